The van der Waals surface area contributed by atoms with Gasteiger partial charge in [0.1, 0.15) is 5.82 Å². The molecule has 0 amide bonds. The van der Waals surface area contributed by atoms with E-state index in [1.165, 1.54) is 12.1 Å². The number of ether oxygens (including phenoxy) is 1. The highest BCUT2D eigenvalue weighted by Crippen LogP contribution is 2.21. The summed E-state index contributed by atoms with van der Waals surface area (Å²) >= 11 is 0. The number of carbonyl (C=O) groups is 1. The van der Waals surface area contributed by atoms with E-state index in [2.05, 4.69) is 10.1 Å². The lowest BCUT2D eigenvalue weighted by atomic mass is 10.1. The van der Waals surface area contributed by atoms with Crippen molar-refractivity contribution in [3.8, 4) is 11.5 Å². The fourth-order valence-corrected chi connectivity index (χ4v) is 1.41. The van der Waals surface area contributed by atoms with Crippen LogP contribution in [0.1, 0.15) is 23.1 Å². The summed E-state index contributed by atoms with van der Waals surface area (Å²) in [5.41, 5.74) is 0.935. The topological polar surface area (TPSA) is 65.2 Å². The monoisotopic (exact) mass is 250 g/mol. The number of rotatable bonds is 3. The molecule has 6 heteroatoms. The summed E-state index contributed by atoms with van der Waals surface area (Å²) in [7, 11) is 0. The van der Waals surface area contributed by atoms with E-state index in [-0.39, 0.29) is 23.9 Å². The number of esters is 1. The summed E-state index contributed by atoms with van der Waals surface area (Å²) in [5, 5.41) is 3.45. The second kappa shape index (κ2) is 4.95. The summed E-state index contributed by atoms with van der Waals surface area (Å²) in [4.78, 5) is 15.1. The van der Waals surface area contributed by atoms with Gasteiger partial charge in [-0.2, -0.15) is 4.98 Å². The van der Waals surface area contributed by atoms with Gasteiger partial charge in [-0.25, -0.2) is 9.18 Å². The number of hydrogen-bond acceptors (Lipinski definition) is 5. The summed E-state index contributed by atoms with van der Waals surface area (Å²) in [6, 6.07) is 4.59. The standard InChI is InChI=1S/C12H11FN2O3/c1-3-17-12(16)10-14-11(18-15-10)8-5-4-7(2)6-9(8)13/h4-6H,3H2,1-2H3. The van der Waals surface area contributed by atoms with Gasteiger partial charge in [0.2, 0.25) is 0 Å². The van der Waals surface area contributed by atoms with Crippen molar-refractivity contribution < 1.29 is 18.4 Å². The predicted molar refractivity (Wildman–Crippen MR) is 60.4 cm³/mol. The zero-order chi connectivity index (χ0) is 13.1. The average Bonchev–Trinajstić information content (AvgIpc) is 2.78. The van der Waals surface area contributed by atoms with Crippen molar-refractivity contribution in [1.82, 2.24) is 10.1 Å². The van der Waals surface area contributed by atoms with Crippen LogP contribution >= 0.6 is 0 Å². The maximum Gasteiger partial charge on any atom is 0.379 e. The molecule has 0 saturated carbocycles. The molecule has 0 N–H and O–H groups in total. The molecule has 0 bridgehead atoms. The van der Waals surface area contributed by atoms with Gasteiger partial charge in [-0.15, -0.1) is 0 Å². The fourth-order valence-electron chi connectivity index (χ4n) is 1.41. The van der Waals surface area contributed by atoms with Crippen LogP contribution in [0.5, 0.6) is 0 Å². The third-order valence-corrected chi connectivity index (χ3v) is 2.24. The Bertz CT molecular complexity index is 580. The smallest absolute Gasteiger partial charge is 0.379 e. The lowest BCUT2D eigenvalue weighted by Crippen LogP contribution is -2.06. The highest BCUT2D eigenvalue weighted by atomic mass is 19.1. The van der Waals surface area contributed by atoms with E-state index < -0.39 is 11.8 Å². The molecule has 0 fully saturated rings. The second-order valence-corrected chi connectivity index (χ2v) is 3.63. The molecule has 0 aliphatic rings. The molecule has 0 aliphatic carbocycles. The molecule has 0 radical (unpaired) electrons. The van der Waals surface area contributed by atoms with Gasteiger partial charge < -0.3 is 9.26 Å². The molecule has 2 aromatic rings. The van der Waals surface area contributed by atoms with Crippen LogP contribution in [0.2, 0.25) is 0 Å². The van der Waals surface area contributed by atoms with Crippen LogP contribution in [0.25, 0.3) is 11.5 Å². The molecule has 0 saturated heterocycles. The first-order chi connectivity index (χ1) is 8.61. The Morgan fingerprint density at radius 2 is 2.28 bits per heavy atom. The Balaban J connectivity index is 2.32. The maximum atomic E-state index is 13.7. The van der Waals surface area contributed by atoms with Crippen LogP contribution in [0.4, 0.5) is 4.39 Å². The van der Waals surface area contributed by atoms with Crippen molar-refractivity contribution in [3.05, 3.63) is 35.4 Å². The zero-order valence-electron chi connectivity index (χ0n) is 9.94. The lowest BCUT2D eigenvalue weighted by molar-refractivity contribution is 0.0508. The van der Waals surface area contributed by atoms with E-state index in [0.29, 0.717) is 0 Å². The highest BCUT2D eigenvalue weighted by molar-refractivity contribution is 5.85. The van der Waals surface area contributed by atoms with Crippen molar-refractivity contribution in [2.24, 2.45) is 0 Å². The van der Waals surface area contributed by atoms with Crippen LogP contribution < -0.4 is 0 Å². The molecule has 5 nitrogen and oxygen atoms in total. The maximum absolute atomic E-state index is 13.7. The number of halogens is 1. The third-order valence-electron chi connectivity index (χ3n) is 2.24. The Morgan fingerprint density at radius 1 is 1.50 bits per heavy atom. The molecule has 0 atom stereocenters. The Kier molecular flexibility index (Phi) is 3.36. The van der Waals surface area contributed by atoms with Gasteiger partial charge in [-0.1, -0.05) is 6.07 Å². The molecular formula is C12H11FN2O3. The summed E-state index contributed by atoms with van der Waals surface area (Å²) < 4.78 is 23.2. The molecule has 0 unspecified atom stereocenters. The van der Waals surface area contributed by atoms with Crippen LogP contribution in [0, 0.1) is 12.7 Å². The summed E-state index contributed by atoms with van der Waals surface area (Å²) in [6.07, 6.45) is 0. The van der Waals surface area contributed by atoms with E-state index in [1.54, 1.807) is 19.9 Å². The van der Waals surface area contributed by atoms with Gasteiger partial charge in [0, 0.05) is 0 Å². The van der Waals surface area contributed by atoms with Crippen LogP contribution in [0.15, 0.2) is 22.7 Å². The first kappa shape index (κ1) is 12.2. The quantitative estimate of drug-likeness (QED) is 0.782. The molecule has 1 heterocycles. The van der Waals surface area contributed by atoms with Crippen molar-refractivity contribution in [2.75, 3.05) is 6.61 Å². The van der Waals surface area contributed by atoms with Crippen molar-refractivity contribution in [3.63, 3.8) is 0 Å². The molecule has 94 valence electrons. The number of nitrogens with zero attached hydrogens (tertiary/aromatic N) is 2. The second-order valence-electron chi connectivity index (χ2n) is 3.63. The number of aryl methyl sites for hydroxylation is 1. The molecule has 1 aromatic heterocycles. The van der Waals surface area contributed by atoms with Gasteiger partial charge in [-0.05, 0) is 36.7 Å². The van der Waals surface area contributed by atoms with Gasteiger partial charge in [-0.3, -0.25) is 0 Å². The number of hydrogen-bond donors (Lipinski definition) is 0. The number of aromatic nitrogens is 2. The van der Waals surface area contributed by atoms with Crippen LogP contribution in [-0.4, -0.2) is 22.7 Å². The Labute approximate surface area is 103 Å². The first-order valence-corrected chi connectivity index (χ1v) is 5.39. The summed E-state index contributed by atoms with van der Waals surface area (Å²) in [5.74, 6) is -1.43. The molecule has 1 aromatic carbocycles. The van der Waals surface area contributed by atoms with Crippen LogP contribution in [0.3, 0.4) is 0 Å². The molecule has 0 aliphatic heterocycles. The SMILES string of the molecule is CCOC(=O)c1noc(-c2ccc(C)cc2F)n1. The van der Waals surface area contributed by atoms with E-state index in [1.807, 2.05) is 0 Å². The minimum absolute atomic E-state index is 0.0458. The van der Waals surface area contributed by atoms with Gasteiger partial charge >= 0.3 is 5.97 Å². The van der Waals surface area contributed by atoms with E-state index in [0.717, 1.165) is 5.56 Å². The Morgan fingerprint density at radius 3 is 2.94 bits per heavy atom. The number of carbonyl (C=O) groups excluding carboxylic acids is 1. The fraction of sp³-hybridized carbons (Fsp3) is 0.250. The highest BCUT2D eigenvalue weighted by Gasteiger charge is 2.18. The lowest BCUT2D eigenvalue weighted by Gasteiger charge is -1.98. The Hall–Kier alpha value is -2.24. The minimum atomic E-state index is -0.694. The normalized spacial score (nSPS) is 10.4. The molecule has 0 spiro atoms. The third kappa shape index (κ3) is 2.37. The van der Waals surface area contributed by atoms with Crippen molar-refractivity contribution in [2.45, 2.75) is 13.8 Å². The van der Waals surface area contributed by atoms with Gasteiger partial charge in [0.15, 0.2) is 0 Å². The molecular weight excluding hydrogens is 239 g/mol. The van der Waals surface area contributed by atoms with E-state index in [4.69, 9.17) is 9.26 Å². The largest absolute Gasteiger partial charge is 0.460 e. The zero-order valence-corrected chi connectivity index (χ0v) is 9.94. The van der Waals surface area contributed by atoms with Gasteiger partial charge in [0.05, 0.1) is 12.2 Å². The van der Waals surface area contributed by atoms with Gasteiger partial charge in [0.25, 0.3) is 11.7 Å². The minimum Gasteiger partial charge on any atom is -0.460 e. The van der Waals surface area contributed by atoms with Crippen molar-refractivity contribution in [1.29, 1.82) is 0 Å². The van der Waals surface area contributed by atoms with Crippen molar-refractivity contribution >= 4 is 5.97 Å². The number of benzene rings is 1. The van der Waals surface area contributed by atoms with E-state index >= 15 is 0 Å². The van der Waals surface area contributed by atoms with E-state index in [9.17, 15) is 9.18 Å². The molecule has 2 rings (SSSR count). The predicted octanol–water partition coefficient (Wildman–Crippen LogP) is 2.36. The summed E-state index contributed by atoms with van der Waals surface area (Å²) in [6.45, 7) is 3.64. The first-order valence-electron chi connectivity index (χ1n) is 5.39. The van der Waals surface area contributed by atoms with Crippen LogP contribution in [-0.2, 0) is 4.74 Å². The average molecular weight is 250 g/mol. The molecule has 18 heavy (non-hydrogen) atoms.